The van der Waals surface area contributed by atoms with Crippen LogP contribution in [0.2, 0.25) is 0 Å². The lowest BCUT2D eigenvalue weighted by Gasteiger charge is -2.51. The minimum atomic E-state index is -0.887. The second-order valence-electron chi connectivity index (χ2n) is 5.33. The van der Waals surface area contributed by atoms with Gasteiger partial charge >= 0.3 is 0 Å². The highest BCUT2D eigenvalue weighted by molar-refractivity contribution is 5.16. The van der Waals surface area contributed by atoms with Crippen molar-refractivity contribution in [2.24, 2.45) is 11.3 Å². The number of nitriles is 1. The van der Waals surface area contributed by atoms with E-state index in [0.29, 0.717) is 19.6 Å². The van der Waals surface area contributed by atoms with E-state index in [9.17, 15) is 10.4 Å². The van der Waals surface area contributed by atoms with Crippen LogP contribution in [0.1, 0.15) is 32.6 Å². The smallest absolute Gasteiger partial charge is 0.110 e. The molecule has 0 amide bonds. The minimum Gasteiger partial charge on any atom is -0.388 e. The summed E-state index contributed by atoms with van der Waals surface area (Å²) in [4.78, 5) is 0. The molecule has 2 fully saturated rings. The molecule has 2 saturated heterocycles. The number of aliphatic hydroxyl groups is 1. The zero-order valence-electron chi connectivity index (χ0n) is 10.5. The fourth-order valence-corrected chi connectivity index (χ4v) is 3.36. The van der Waals surface area contributed by atoms with E-state index in [1.807, 2.05) is 0 Å². The van der Waals surface area contributed by atoms with Crippen LogP contribution in [0.25, 0.3) is 0 Å². The Morgan fingerprint density at radius 1 is 1.53 bits per heavy atom. The van der Waals surface area contributed by atoms with E-state index >= 15 is 0 Å². The van der Waals surface area contributed by atoms with Gasteiger partial charge in [-0.15, -0.1) is 0 Å². The third-order valence-electron chi connectivity index (χ3n) is 4.53. The summed E-state index contributed by atoms with van der Waals surface area (Å²) in [5.74, 6) is 0.151. The van der Waals surface area contributed by atoms with Crippen molar-refractivity contribution in [2.45, 2.75) is 38.2 Å². The summed E-state index contributed by atoms with van der Waals surface area (Å²) < 4.78 is 5.48. The third kappa shape index (κ3) is 1.97. The molecule has 4 nitrogen and oxygen atoms in total. The van der Waals surface area contributed by atoms with Crippen molar-refractivity contribution < 1.29 is 9.84 Å². The first-order valence-electron chi connectivity index (χ1n) is 6.60. The van der Waals surface area contributed by atoms with Crippen LogP contribution in [0.5, 0.6) is 0 Å². The summed E-state index contributed by atoms with van der Waals surface area (Å²) >= 11 is 0. The molecular formula is C13H22N2O2. The van der Waals surface area contributed by atoms with Gasteiger partial charge in [-0.25, -0.2) is 0 Å². The summed E-state index contributed by atoms with van der Waals surface area (Å²) in [6.45, 7) is 4.77. The van der Waals surface area contributed by atoms with E-state index in [1.54, 1.807) is 0 Å². The molecular weight excluding hydrogens is 216 g/mol. The Morgan fingerprint density at radius 3 is 2.94 bits per heavy atom. The average molecular weight is 238 g/mol. The SMILES string of the molecule is CCC1CNCCC1(O)C1(C#N)CCCOC1. The van der Waals surface area contributed by atoms with Crippen LogP contribution in [0.4, 0.5) is 0 Å². The standard InChI is InChI=1S/C13H22N2O2/c1-2-11-8-15-6-5-13(11,16)12(9-14)4-3-7-17-10-12/h11,15-16H,2-8,10H2,1H3. The lowest BCUT2D eigenvalue weighted by atomic mass is 9.60. The maximum Gasteiger partial charge on any atom is 0.110 e. The van der Waals surface area contributed by atoms with Gasteiger partial charge in [-0.3, -0.25) is 0 Å². The van der Waals surface area contributed by atoms with Crippen molar-refractivity contribution in [1.29, 1.82) is 5.26 Å². The Bertz CT molecular complexity index is 307. The monoisotopic (exact) mass is 238 g/mol. The Morgan fingerprint density at radius 2 is 2.35 bits per heavy atom. The van der Waals surface area contributed by atoms with Crippen LogP contribution < -0.4 is 5.32 Å². The van der Waals surface area contributed by atoms with Gasteiger partial charge in [0, 0.05) is 19.1 Å². The molecule has 0 saturated carbocycles. The Balaban J connectivity index is 2.29. The van der Waals surface area contributed by atoms with Gasteiger partial charge in [0.25, 0.3) is 0 Å². The van der Waals surface area contributed by atoms with Crippen molar-refractivity contribution >= 4 is 0 Å². The summed E-state index contributed by atoms with van der Waals surface area (Å²) in [6, 6.07) is 2.39. The van der Waals surface area contributed by atoms with Gasteiger partial charge in [-0.2, -0.15) is 5.26 Å². The molecule has 3 atom stereocenters. The summed E-state index contributed by atoms with van der Waals surface area (Å²) in [5.41, 5.74) is -1.59. The minimum absolute atomic E-state index is 0.151. The first-order chi connectivity index (χ1) is 8.18. The van der Waals surface area contributed by atoms with E-state index < -0.39 is 11.0 Å². The number of nitrogens with one attached hydrogen (secondary N) is 1. The molecule has 0 aliphatic carbocycles. The van der Waals surface area contributed by atoms with Gasteiger partial charge in [-0.05, 0) is 32.2 Å². The highest BCUT2D eigenvalue weighted by Crippen LogP contribution is 2.47. The summed E-state index contributed by atoms with van der Waals surface area (Å²) in [7, 11) is 0. The van der Waals surface area contributed by atoms with Crippen LogP contribution in [0.15, 0.2) is 0 Å². The van der Waals surface area contributed by atoms with Crippen molar-refractivity contribution in [3.8, 4) is 6.07 Å². The third-order valence-corrected chi connectivity index (χ3v) is 4.53. The summed E-state index contributed by atoms with van der Waals surface area (Å²) in [6.07, 6.45) is 3.19. The van der Waals surface area contributed by atoms with E-state index in [0.717, 1.165) is 32.4 Å². The molecule has 17 heavy (non-hydrogen) atoms. The largest absolute Gasteiger partial charge is 0.388 e. The number of nitrogens with zero attached hydrogens (tertiary/aromatic N) is 1. The fourth-order valence-electron chi connectivity index (χ4n) is 3.36. The molecule has 96 valence electrons. The highest BCUT2D eigenvalue weighted by Gasteiger charge is 2.56. The molecule has 2 heterocycles. The zero-order chi connectivity index (χ0) is 12.4. The molecule has 0 aromatic rings. The average Bonchev–Trinajstić information content (AvgIpc) is 2.40. The second kappa shape index (κ2) is 4.93. The van der Waals surface area contributed by atoms with E-state index in [-0.39, 0.29) is 5.92 Å². The fraction of sp³-hybridized carbons (Fsp3) is 0.923. The van der Waals surface area contributed by atoms with Crippen LogP contribution in [0, 0.1) is 22.7 Å². The van der Waals surface area contributed by atoms with Gasteiger partial charge < -0.3 is 15.2 Å². The molecule has 0 radical (unpaired) electrons. The van der Waals surface area contributed by atoms with E-state index in [1.165, 1.54) is 0 Å². The predicted octanol–water partition coefficient (Wildman–Crippen LogP) is 1.06. The molecule has 0 bridgehead atoms. The normalized spacial score (nSPS) is 43.0. The van der Waals surface area contributed by atoms with Gasteiger partial charge in [-0.1, -0.05) is 6.92 Å². The lowest BCUT2D eigenvalue weighted by Crippen LogP contribution is -2.62. The number of hydrogen-bond acceptors (Lipinski definition) is 4. The first kappa shape index (κ1) is 12.8. The molecule has 2 N–H and O–H groups in total. The van der Waals surface area contributed by atoms with Crippen LogP contribution in [-0.2, 0) is 4.74 Å². The quantitative estimate of drug-likeness (QED) is 0.755. The Labute approximate surface area is 103 Å². The molecule has 4 heteroatoms. The first-order valence-corrected chi connectivity index (χ1v) is 6.60. The summed E-state index contributed by atoms with van der Waals surface area (Å²) in [5, 5.41) is 23.9. The van der Waals surface area contributed by atoms with Gasteiger partial charge in [0.15, 0.2) is 0 Å². The zero-order valence-corrected chi connectivity index (χ0v) is 10.5. The van der Waals surface area contributed by atoms with E-state index in [2.05, 4.69) is 18.3 Å². The van der Waals surface area contributed by atoms with Crippen molar-refractivity contribution in [3.05, 3.63) is 0 Å². The van der Waals surface area contributed by atoms with Crippen LogP contribution >= 0.6 is 0 Å². The van der Waals surface area contributed by atoms with Crippen LogP contribution in [0.3, 0.4) is 0 Å². The molecule has 2 aliphatic rings. The molecule has 3 unspecified atom stereocenters. The lowest BCUT2D eigenvalue weighted by molar-refractivity contribution is -0.161. The molecule has 2 rings (SSSR count). The van der Waals surface area contributed by atoms with Crippen molar-refractivity contribution in [1.82, 2.24) is 5.32 Å². The van der Waals surface area contributed by atoms with E-state index in [4.69, 9.17) is 4.74 Å². The molecule has 0 aromatic heterocycles. The number of piperidine rings is 1. The number of ether oxygens (including phenoxy) is 1. The predicted molar refractivity (Wildman–Crippen MR) is 64.3 cm³/mol. The maximum absolute atomic E-state index is 11.1. The molecule has 0 aromatic carbocycles. The van der Waals surface area contributed by atoms with Crippen LogP contribution in [-0.4, -0.2) is 37.0 Å². The van der Waals surface area contributed by atoms with Gasteiger partial charge in [0.05, 0.1) is 18.3 Å². The Kier molecular flexibility index (Phi) is 3.72. The van der Waals surface area contributed by atoms with Crippen molar-refractivity contribution in [3.63, 3.8) is 0 Å². The second-order valence-corrected chi connectivity index (χ2v) is 5.33. The van der Waals surface area contributed by atoms with Gasteiger partial charge in [0.1, 0.15) is 5.41 Å². The number of hydrogen-bond donors (Lipinski definition) is 2. The highest BCUT2D eigenvalue weighted by atomic mass is 16.5. The Hall–Kier alpha value is -0.630. The number of rotatable bonds is 2. The van der Waals surface area contributed by atoms with Gasteiger partial charge in [0.2, 0.25) is 0 Å². The molecule has 2 aliphatic heterocycles. The van der Waals surface area contributed by atoms with Crippen molar-refractivity contribution in [2.75, 3.05) is 26.3 Å². The maximum atomic E-state index is 11.1. The molecule has 0 spiro atoms. The topological polar surface area (TPSA) is 65.3 Å².